The molecule has 0 bridgehead atoms. The number of amides is 1. The number of nitrogens with zero attached hydrogens (tertiary/aromatic N) is 1. The molecule has 0 spiro atoms. The summed E-state index contributed by atoms with van der Waals surface area (Å²) in [6.45, 7) is 2.07. The summed E-state index contributed by atoms with van der Waals surface area (Å²) in [7, 11) is 0. The van der Waals surface area contributed by atoms with Crippen molar-refractivity contribution in [3.8, 4) is 0 Å². The Bertz CT molecular complexity index is 334. The summed E-state index contributed by atoms with van der Waals surface area (Å²) < 4.78 is 0. The molecule has 0 aromatic heterocycles. The zero-order chi connectivity index (χ0) is 10.4. The monoisotopic (exact) mass is 191 g/mol. The minimum atomic E-state index is -0.573. The van der Waals surface area contributed by atoms with Crippen molar-refractivity contribution in [3.63, 3.8) is 0 Å². The fourth-order valence-corrected chi connectivity index (χ4v) is 1.43. The summed E-state index contributed by atoms with van der Waals surface area (Å²) in [5.74, 6) is -0.573. The van der Waals surface area contributed by atoms with E-state index >= 15 is 0 Å². The molecule has 0 unspecified atom stereocenters. The average Bonchev–Trinajstić information content (AvgIpc) is 2.26. The minimum Gasteiger partial charge on any atom is -0.269 e. The summed E-state index contributed by atoms with van der Waals surface area (Å²) in [4.78, 5) is 20.6. The third kappa shape index (κ3) is 2.76. The van der Waals surface area contributed by atoms with Gasteiger partial charge in [-0.05, 0) is 24.0 Å². The van der Waals surface area contributed by atoms with Crippen LogP contribution in [0.15, 0.2) is 29.4 Å². The molecule has 1 aromatic rings. The molecule has 1 aromatic carbocycles. The molecule has 0 saturated heterocycles. The van der Waals surface area contributed by atoms with Crippen molar-refractivity contribution >= 4 is 5.91 Å². The van der Waals surface area contributed by atoms with Crippen molar-refractivity contribution in [2.24, 2.45) is 5.18 Å². The van der Waals surface area contributed by atoms with Gasteiger partial charge in [0.15, 0.2) is 0 Å². The van der Waals surface area contributed by atoms with Gasteiger partial charge in [0.25, 0.3) is 5.91 Å². The largest absolute Gasteiger partial charge is 0.286 e. The molecule has 0 aliphatic heterocycles. The quantitative estimate of drug-likeness (QED) is 0.686. The first-order valence-corrected chi connectivity index (χ1v) is 4.71. The Morgan fingerprint density at radius 3 is 2.50 bits per heavy atom. The second-order valence-electron chi connectivity index (χ2n) is 3.11. The number of carbonyl (C=O) groups excluding carboxylic acids is 1. The van der Waals surface area contributed by atoms with Gasteiger partial charge in [-0.25, -0.2) is 0 Å². The number of hydrogen-bond donors (Lipinski definition) is 0. The maximum absolute atomic E-state index is 10.7. The Morgan fingerprint density at radius 2 is 1.93 bits per heavy atom. The topological polar surface area (TPSA) is 46.5 Å². The first kappa shape index (κ1) is 10.6. The van der Waals surface area contributed by atoms with E-state index in [2.05, 4.69) is 12.1 Å². The molecule has 0 heterocycles. The lowest BCUT2D eigenvalue weighted by Gasteiger charge is -2.04. The van der Waals surface area contributed by atoms with Crippen LogP contribution >= 0.6 is 0 Å². The molecular formula is C11H13NO2. The van der Waals surface area contributed by atoms with E-state index < -0.39 is 5.91 Å². The third-order valence-corrected chi connectivity index (χ3v) is 2.21. The number of carbonyl (C=O) groups is 1. The number of aryl methyl sites for hydroxylation is 2. The lowest BCUT2D eigenvalue weighted by molar-refractivity contribution is -0.117. The SMILES string of the molecule is CCc1ccccc1CCC(=O)N=O. The first-order valence-electron chi connectivity index (χ1n) is 4.71. The summed E-state index contributed by atoms with van der Waals surface area (Å²) in [6, 6.07) is 7.93. The van der Waals surface area contributed by atoms with E-state index in [1.807, 2.05) is 24.3 Å². The van der Waals surface area contributed by atoms with Crippen LogP contribution in [0, 0.1) is 4.91 Å². The van der Waals surface area contributed by atoms with Gasteiger partial charge >= 0.3 is 0 Å². The highest BCUT2D eigenvalue weighted by atomic mass is 16.3. The van der Waals surface area contributed by atoms with Gasteiger partial charge < -0.3 is 0 Å². The van der Waals surface area contributed by atoms with Crippen LogP contribution in [0.3, 0.4) is 0 Å². The zero-order valence-corrected chi connectivity index (χ0v) is 8.19. The molecule has 3 nitrogen and oxygen atoms in total. The fraction of sp³-hybridized carbons (Fsp3) is 0.364. The van der Waals surface area contributed by atoms with Crippen LogP contribution in [0.4, 0.5) is 0 Å². The predicted molar refractivity (Wildman–Crippen MR) is 54.9 cm³/mol. The van der Waals surface area contributed by atoms with Crippen LogP contribution in [0.1, 0.15) is 24.5 Å². The molecule has 1 rings (SSSR count). The Hall–Kier alpha value is -1.51. The molecule has 0 aliphatic rings. The third-order valence-electron chi connectivity index (χ3n) is 2.21. The summed E-state index contributed by atoms with van der Waals surface area (Å²) in [5, 5.41) is 2.37. The van der Waals surface area contributed by atoms with Crippen molar-refractivity contribution < 1.29 is 4.79 Å². The van der Waals surface area contributed by atoms with Gasteiger partial charge in [-0.15, -0.1) is 4.91 Å². The first-order chi connectivity index (χ1) is 6.77. The number of hydrogen-bond acceptors (Lipinski definition) is 2. The Kier molecular flexibility index (Phi) is 3.98. The van der Waals surface area contributed by atoms with Crippen molar-refractivity contribution in [1.82, 2.24) is 0 Å². The predicted octanol–water partition coefficient (Wildman–Crippen LogP) is 2.47. The molecule has 0 radical (unpaired) electrons. The molecule has 74 valence electrons. The van der Waals surface area contributed by atoms with Crippen LogP contribution < -0.4 is 0 Å². The van der Waals surface area contributed by atoms with E-state index in [1.54, 1.807) is 0 Å². The number of rotatable bonds is 4. The van der Waals surface area contributed by atoms with Gasteiger partial charge in [-0.1, -0.05) is 31.2 Å². The average molecular weight is 191 g/mol. The van der Waals surface area contributed by atoms with E-state index in [0.717, 1.165) is 12.0 Å². The second-order valence-corrected chi connectivity index (χ2v) is 3.11. The highest BCUT2D eigenvalue weighted by Crippen LogP contribution is 2.11. The summed E-state index contributed by atoms with van der Waals surface area (Å²) in [6.07, 6.45) is 1.76. The number of nitroso groups, excluding NO2 is 1. The van der Waals surface area contributed by atoms with E-state index in [1.165, 1.54) is 5.56 Å². The smallest absolute Gasteiger partial charge is 0.269 e. The van der Waals surface area contributed by atoms with E-state index in [-0.39, 0.29) is 6.42 Å². The van der Waals surface area contributed by atoms with Gasteiger partial charge in [0.05, 0.1) is 0 Å². The normalized spacial score (nSPS) is 9.79. The van der Waals surface area contributed by atoms with Crippen LogP contribution in [0.2, 0.25) is 0 Å². The minimum absolute atomic E-state index is 0.209. The maximum Gasteiger partial charge on any atom is 0.286 e. The Labute approximate surface area is 83.1 Å². The van der Waals surface area contributed by atoms with Crippen LogP contribution in [0.25, 0.3) is 0 Å². The molecule has 0 N–H and O–H groups in total. The van der Waals surface area contributed by atoms with E-state index in [4.69, 9.17) is 0 Å². The molecule has 0 fully saturated rings. The van der Waals surface area contributed by atoms with E-state index in [0.29, 0.717) is 6.42 Å². The van der Waals surface area contributed by atoms with Crippen molar-refractivity contribution in [1.29, 1.82) is 0 Å². The summed E-state index contributed by atoms with van der Waals surface area (Å²) >= 11 is 0. The Morgan fingerprint density at radius 1 is 1.29 bits per heavy atom. The highest BCUT2D eigenvalue weighted by molar-refractivity contribution is 5.76. The molecule has 0 atom stereocenters. The molecule has 14 heavy (non-hydrogen) atoms. The van der Waals surface area contributed by atoms with Gasteiger partial charge in [0.1, 0.15) is 0 Å². The zero-order valence-electron chi connectivity index (χ0n) is 8.19. The number of benzene rings is 1. The van der Waals surface area contributed by atoms with Crippen molar-refractivity contribution in [3.05, 3.63) is 40.3 Å². The van der Waals surface area contributed by atoms with Gasteiger partial charge in [0.2, 0.25) is 0 Å². The Balaban J connectivity index is 2.66. The van der Waals surface area contributed by atoms with Crippen LogP contribution in [0.5, 0.6) is 0 Å². The summed E-state index contributed by atoms with van der Waals surface area (Å²) in [5.41, 5.74) is 2.36. The van der Waals surface area contributed by atoms with E-state index in [9.17, 15) is 9.70 Å². The molecular weight excluding hydrogens is 178 g/mol. The molecule has 0 aliphatic carbocycles. The van der Waals surface area contributed by atoms with Gasteiger partial charge in [-0.2, -0.15) is 0 Å². The van der Waals surface area contributed by atoms with Crippen LogP contribution in [-0.2, 0) is 17.6 Å². The standard InChI is InChI=1S/C11H13NO2/c1-2-9-5-3-4-6-10(9)7-8-11(13)12-14/h3-6H,2,7-8H2,1H3. The second kappa shape index (κ2) is 5.27. The van der Waals surface area contributed by atoms with Crippen molar-refractivity contribution in [2.45, 2.75) is 26.2 Å². The fourth-order valence-electron chi connectivity index (χ4n) is 1.43. The van der Waals surface area contributed by atoms with Crippen molar-refractivity contribution in [2.75, 3.05) is 0 Å². The molecule has 0 saturated carbocycles. The molecule has 1 amide bonds. The van der Waals surface area contributed by atoms with Gasteiger partial charge in [0, 0.05) is 11.6 Å². The van der Waals surface area contributed by atoms with Crippen LogP contribution in [-0.4, -0.2) is 5.91 Å². The maximum atomic E-state index is 10.7. The lowest BCUT2D eigenvalue weighted by Crippen LogP contribution is -1.98. The lowest BCUT2D eigenvalue weighted by atomic mass is 10.0. The van der Waals surface area contributed by atoms with Gasteiger partial charge in [-0.3, -0.25) is 4.79 Å². The highest BCUT2D eigenvalue weighted by Gasteiger charge is 2.04. The molecule has 3 heteroatoms.